The highest BCUT2D eigenvalue weighted by atomic mass is 35.5. The van der Waals surface area contributed by atoms with Crippen LogP contribution in [0.5, 0.6) is 0 Å². The number of pyridine rings is 1. The van der Waals surface area contributed by atoms with Crippen molar-refractivity contribution in [3.63, 3.8) is 0 Å². The van der Waals surface area contributed by atoms with E-state index in [0.717, 1.165) is 40.4 Å². The lowest BCUT2D eigenvalue weighted by Crippen LogP contribution is -2.61. The summed E-state index contributed by atoms with van der Waals surface area (Å²) in [5, 5.41) is 6.18. The molecule has 0 aliphatic carbocycles. The summed E-state index contributed by atoms with van der Waals surface area (Å²) in [6.45, 7) is 6.14. The number of nitrogens with one attached hydrogen (secondary N) is 1. The number of hydrogen-bond acceptors (Lipinski definition) is 5. The topological polar surface area (TPSA) is 49.8 Å². The number of piperidine rings is 3. The van der Waals surface area contributed by atoms with Crippen LogP contribution in [-0.2, 0) is 4.74 Å². The van der Waals surface area contributed by atoms with Crippen LogP contribution in [0.2, 0.25) is 5.02 Å². The van der Waals surface area contributed by atoms with Crippen molar-refractivity contribution in [1.82, 2.24) is 9.88 Å². The molecule has 1 unspecified atom stereocenters. The Kier molecular flexibility index (Phi) is 3.44. The average molecular weight is 357 g/mol. The van der Waals surface area contributed by atoms with Crippen molar-refractivity contribution in [3.8, 4) is 0 Å². The Balaban J connectivity index is 1.39. The molecule has 1 spiro atoms. The number of ether oxygens (including phenoxy) is 1. The second kappa shape index (κ2) is 5.58. The Labute approximate surface area is 152 Å². The van der Waals surface area contributed by atoms with Gasteiger partial charge in [-0.15, -0.1) is 0 Å². The monoisotopic (exact) mass is 356 g/mol. The van der Waals surface area contributed by atoms with Crippen LogP contribution in [0, 0.1) is 12.8 Å². The van der Waals surface area contributed by atoms with Crippen molar-refractivity contribution in [1.29, 1.82) is 0 Å². The predicted octanol–water partition coefficient (Wildman–Crippen LogP) is 3.46. The van der Waals surface area contributed by atoms with Crippen LogP contribution < -0.4 is 5.32 Å². The molecular formula is C19H21ClN4O. The summed E-state index contributed by atoms with van der Waals surface area (Å²) >= 11 is 6.13. The Morgan fingerprint density at radius 2 is 2.12 bits per heavy atom. The molecule has 130 valence electrons. The Bertz CT molecular complexity index is 875. The van der Waals surface area contributed by atoms with Gasteiger partial charge in [-0.2, -0.15) is 0 Å². The largest absolute Gasteiger partial charge is 0.455 e. The maximum atomic E-state index is 6.33. The van der Waals surface area contributed by atoms with Crippen molar-refractivity contribution >= 4 is 34.2 Å². The van der Waals surface area contributed by atoms with Gasteiger partial charge in [-0.1, -0.05) is 17.7 Å². The summed E-state index contributed by atoms with van der Waals surface area (Å²) in [5.74, 6) is 1.37. The number of rotatable bonds is 1. The molecule has 0 amide bonds. The van der Waals surface area contributed by atoms with E-state index in [1.165, 1.54) is 25.9 Å². The summed E-state index contributed by atoms with van der Waals surface area (Å²) in [6.07, 6.45) is 2.43. The normalized spacial score (nSPS) is 30.6. The summed E-state index contributed by atoms with van der Waals surface area (Å²) in [6, 6.07) is 8.47. The zero-order valence-corrected chi connectivity index (χ0v) is 15.0. The first-order chi connectivity index (χ1) is 12.1. The van der Waals surface area contributed by atoms with Gasteiger partial charge in [-0.05, 0) is 56.4 Å². The zero-order chi connectivity index (χ0) is 17.0. The molecule has 1 aromatic carbocycles. The maximum Gasteiger partial charge on any atom is 0.291 e. The first-order valence-electron chi connectivity index (χ1n) is 8.91. The first-order valence-corrected chi connectivity index (χ1v) is 9.29. The maximum absolute atomic E-state index is 6.33. The highest BCUT2D eigenvalue weighted by Crippen LogP contribution is 2.41. The number of amidine groups is 1. The van der Waals surface area contributed by atoms with E-state index in [9.17, 15) is 0 Å². The second-order valence-corrected chi connectivity index (χ2v) is 7.86. The van der Waals surface area contributed by atoms with Crippen LogP contribution >= 0.6 is 11.6 Å². The lowest BCUT2D eigenvalue weighted by Gasteiger charge is -2.50. The fourth-order valence-corrected chi connectivity index (χ4v) is 4.70. The lowest BCUT2D eigenvalue weighted by molar-refractivity contribution is -0.0829. The van der Waals surface area contributed by atoms with E-state index in [4.69, 9.17) is 16.3 Å². The number of nitrogens with zero attached hydrogens (tertiary/aromatic N) is 3. The highest BCUT2D eigenvalue weighted by Gasteiger charge is 2.51. The number of halogens is 1. The van der Waals surface area contributed by atoms with E-state index in [-0.39, 0.29) is 5.60 Å². The van der Waals surface area contributed by atoms with Crippen molar-refractivity contribution < 1.29 is 4.74 Å². The van der Waals surface area contributed by atoms with Crippen LogP contribution in [0.25, 0.3) is 10.8 Å². The average Bonchev–Trinajstić information content (AvgIpc) is 2.97. The van der Waals surface area contributed by atoms with Gasteiger partial charge in [0.2, 0.25) is 0 Å². The second-order valence-electron chi connectivity index (χ2n) is 7.42. The molecule has 1 aromatic heterocycles. The number of hydrogen-bond donors (Lipinski definition) is 1. The zero-order valence-electron chi connectivity index (χ0n) is 14.3. The van der Waals surface area contributed by atoms with E-state index >= 15 is 0 Å². The Hall–Kier alpha value is -1.85. The molecule has 2 aromatic rings. The molecule has 4 aliphatic rings. The van der Waals surface area contributed by atoms with Gasteiger partial charge < -0.3 is 4.74 Å². The lowest BCUT2D eigenvalue weighted by atomic mass is 9.75. The van der Waals surface area contributed by atoms with E-state index in [1.807, 2.05) is 31.2 Å². The third-order valence-electron chi connectivity index (χ3n) is 5.83. The minimum atomic E-state index is -0.131. The molecule has 3 fully saturated rings. The van der Waals surface area contributed by atoms with Gasteiger partial charge in [0, 0.05) is 28.6 Å². The number of fused-ring (bicyclic) bond motifs is 3. The fraction of sp³-hybridized carbons (Fsp3) is 0.474. The quantitative estimate of drug-likeness (QED) is 0.850. The van der Waals surface area contributed by atoms with Crippen molar-refractivity contribution in [2.45, 2.75) is 25.4 Å². The van der Waals surface area contributed by atoms with Crippen molar-refractivity contribution in [2.24, 2.45) is 10.9 Å². The molecule has 2 bridgehead atoms. The molecule has 1 atom stereocenters. The van der Waals surface area contributed by atoms with Crippen LogP contribution in [-0.4, -0.2) is 47.7 Å². The molecule has 6 heteroatoms. The van der Waals surface area contributed by atoms with Gasteiger partial charge in [0.1, 0.15) is 11.4 Å². The first kappa shape index (κ1) is 15.4. The van der Waals surface area contributed by atoms with Gasteiger partial charge in [0.25, 0.3) is 6.02 Å². The number of aryl methyl sites for hydroxylation is 1. The Morgan fingerprint density at radius 3 is 2.88 bits per heavy atom. The number of aromatic nitrogens is 1. The van der Waals surface area contributed by atoms with Crippen LogP contribution in [0.4, 0.5) is 5.82 Å². The summed E-state index contributed by atoms with van der Waals surface area (Å²) < 4.78 is 6.33. The molecule has 25 heavy (non-hydrogen) atoms. The molecule has 5 heterocycles. The molecule has 0 saturated carbocycles. The summed E-state index contributed by atoms with van der Waals surface area (Å²) in [7, 11) is 0. The molecular weight excluding hydrogens is 336 g/mol. The van der Waals surface area contributed by atoms with Crippen LogP contribution in [0.1, 0.15) is 18.5 Å². The third kappa shape index (κ3) is 2.57. The van der Waals surface area contributed by atoms with Gasteiger partial charge in [-0.25, -0.2) is 9.98 Å². The summed E-state index contributed by atoms with van der Waals surface area (Å²) in [4.78, 5) is 11.8. The van der Waals surface area contributed by atoms with Gasteiger partial charge in [-0.3, -0.25) is 10.2 Å². The van der Waals surface area contributed by atoms with Crippen molar-refractivity contribution in [2.75, 3.05) is 31.5 Å². The smallest absolute Gasteiger partial charge is 0.291 e. The molecule has 0 radical (unpaired) electrons. The van der Waals surface area contributed by atoms with Gasteiger partial charge in [0.15, 0.2) is 0 Å². The summed E-state index contributed by atoms with van der Waals surface area (Å²) in [5.41, 5.74) is 0.835. The SMILES string of the molecule is Cc1nc(NC2=NCC3(CN4CCC3CC4)O2)cc2cc(Cl)ccc12. The predicted molar refractivity (Wildman–Crippen MR) is 100 cm³/mol. The molecule has 1 N–H and O–H groups in total. The van der Waals surface area contributed by atoms with E-state index in [1.54, 1.807) is 0 Å². The molecule has 4 aliphatic heterocycles. The van der Waals surface area contributed by atoms with Crippen LogP contribution in [0.3, 0.4) is 0 Å². The fourth-order valence-electron chi connectivity index (χ4n) is 4.52. The van der Waals surface area contributed by atoms with Crippen molar-refractivity contribution in [3.05, 3.63) is 35.0 Å². The number of anilines is 1. The highest BCUT2D eigenvalue weighted by molar-refractivity contribution is 6.31. The molecule has 5 nitrogen and oxygen atoms in total. The standard InChI is InChI=1S/C19H21ClN4O/c1-12-16-3-2-15(20)8-13(16)9-17(22-12)23-18-21-10-19(25-18)11-24-6-4-14(19)5-7-24/h2-3,8-9,14H,4-7,10-11H2,1H3,(H,21,22,23). The number of benzene rings is 1. The number of aliphatic imine (C=N–C) groups is 1. The van der Waals surface area contributed by atoms with Gasteiger partial charge in [0.05, 0.1) is 6.54 Å². The van der Waals surface area contributed by atoms with E-state index in [0.29, 0.717) is 11.9 Å². The molecule has 6 rings (SSSR count). The Morgan fingerprint density at radius 1 is 1.28 bits per heavy atom. The van der Waals surface area contributed by atoms with E-state index < -0.39 is 0 Å². The third-order valence-corrected chi connectivity index (χ3v) is 6.07. The molecule has 3 saturated heterocycles. The van der Waals surface area contributed by atoms with Crippen LogP contribution in [0.15, 0.2) is 29.3 Å². The van der Waals surface area contributed by atoms with Gasteiger partial charge >= 0.3 is 0 Å². The minimum Gasteiger partial charge on any atom is -0.455 e. The van der Waals surface area contributed by atoms with E-state index in [2.05, 4.69) is 20.2 Å². The minimum absolute atomic E-state index is 0.131.